The van der Waals surface area contributed by atoms with E-state index in [-0.39, 0.29) is 18.4 Å². The molecule has 1 unspecified atom stereocenters. The number of likely N-dealkylation sites (N-methyl/N-ethyl adjacent to an activating group) is 1. The van der Waals surface area contributed by atoms with Crippen molar-refractivity contribution in [1.29, 1.82) is 0 Å². The molecular formula is C33H36N3O5+. The van der Waals surface area contributed by atoms with Crippen molar-refractivity contribution in [3.05, 3.63) is 83.4 Å². The molecule has 3 aliphatic rings. The topological polar surface area (TPSA) is 97.0 Å². The maximum Gasteiger partial charge on any atom is 0.411 e. The first-order chi connectivity index (χ1) is 19.7. The molecule has 3 saturated heterocycles. The maximum atomic E-state index is 13.2. The zero-order chi connectivity index (χ0) is 28.7. The number of benzene rings is 3. The number of hydrogen-bond donors (Lipinski definition) is 2. The van der Waals surface area contributed by atoms with Crippen molar-refractivity contribution in [2.75, 3.05) is 24.7 Å². The zero-order valence-electron chi connectivity index (χ0n) is 23.6. The number of ether oxygens (including phenoxy) is 2. The first-order valence-electron chi connectivity index (χ1n) is 14.2. The molecule has 0 aliphatic carbocycles. The van der Waals surface area contributed by atoms with Crippen molar-refractivity contribution in [3.63, 3.8) is 0 Å². The van der Waals surface area contributed by atoms with Gasteiger partial charge in [-0.3, -0.25) is 14.9 Å². The van der Waals surface area contributed by atoms with Crippen LogP contribution in [0.2, 0.25) is 0 Å². The molecule has 41 heavy (non-hydrogen) atoms. The Morgan fingerprint density at radius 3 is 2.37 bits per heavy atom. The fraction of sp³-hybridized carbons (Fsp3) is 0.364. The molecular weight excluding hydrogens is 518 g/mol. The van der Waals surface area contributed by atoms with Crippen LogP contribution in [0.5, 0.6) is 0 Å². The van der Waals surface area contributed by atoms with Gasteiger partial charge in [-0.1, -0.05) is 42.5 Å². The van der Waals surface area contributed by atoms with Gasteiger partial charge in [0.25, 0.3) is 0 Å². The SMILES string of the molecule is Cc1cc(C=O)ccc1NC(=O)CCc1ccc(-c2ccccc2)c(NC(=O)OC2C[C@@H]3[C@H]4O[C@H]4[C@H](C2)[N+]3(C)C)c1. The van der Waals surface area contributed by atoms with E-state index in [2.05, 4.69) is 24.7 Å². The number of nitrogens with zero attached hydrogens (tertiary/aromatic N) is 1. The third-order valence-corrected chi connectivity index (χ3v) is 9.02. The molecule has 2 amide bonds. The van der Waals surface area contributed by atoms with E-state index < -0.39 is 6.09 Å². The van der Waals surface area contributed by atoms with E-state index in [1.807, 2.05) is 55.5 Å². The summed E-state index contributed by atoms with van der Waals surface area (Å²) in [6, 6.07) is 21.7. The number of piperidine rings is 1. The number of hydrogen-bond acceptors (Lipinski definition) is 5. The lowest BCUT2D eigenvalue weighted by atomic mass is 9.96. The number of aldehydes is 1. The standard InChI is InChI=1S/C33H35N3O5/c1-20-15-22(19-37)10-13-26(20)34-30(38)14-11-21-9-12-25(23-7-5-4-6-8-23)27(16-21)35-33(39)40-24-17-28-31-32(41-31)29(18-24)36(28,2)3/h4-10,12-13,15-16,19,24,28-29,31-32H,11,14,17-18H2,1-3H3,(H-,34,35,37,38,39)/p+1/t24?,28-,29+,31-,32+. The van der Waals surface area contributed by atoms with Gasteiger partial charge in [-0.25, -0.2) is 4.79 Å². The van der Waals surface area contributed by atoms with Gasteiger partial charge < -0.3 is 19.3 Å². The van der Waals surface area contributed by atoms with Crippen molar-refractivity contribution < 1.29 is 28.3 Å². The number of quaternary nitrogens is 1. The van der Waals surface area contributed by atoms with E-state index in [0.717, 1.165) is 45.9 Å². The predicted octanol–water partition coefficient (Wildman–Crippen LogP) is 5.35. The van der Waals surface area contributed by atoms with Crippen molar-refractivity contribution >= 4 is 29.7 Å². The summed E-state index contributed by atoms with van der Waals surface area (Å²) in [7, 11) is 4.51. The van der Waals surface area contributed by atoms with Gasteiger partial charge in [0.15, 0.2) is 0 Å². The van der Waals surface area contributed by atoms with Gasteiger partial charge >= 0.3 is 6.09 Å². The Kier molecular flexibility index (Phi) is 7.13. The third kappa shape index (κ3) is 5.49. The minimum atomic E-state index is -0.461. The van der Waals surface area contributed by atoms with Crippen LogP contribution < -0.4 is 10.6 Å². The molecule has 3 fully saturated rings. The van der Waals surface area contributed by atoms with Gasteiger partial charge in [0.2, 0.25) is 5.91 Å². The summed E-state index contributed by atoms with van der Waals surface area (Å²) in [4.78, 5) is 36.9. The van der Waals surface area contributed by atoms with E-state index in [4.69, 9.17) is 9.47 Å². The van der Waals surface area contributed by atoms with Crippen LogP contribution in [0.1, 0.15) is 40.7 Å². The number of carbonyl (C=O) groups is 3. The van der Waals surface area contributed by atoms with Crippen molar-refractivity contribution in [3.8, 4) is 11.1 Å². The monoisotopic (exact) mass is 554 g/mol. The summed E-state index contributed by atoms with van der Waals surface area (Å²) in [6.45, 7) is 1.86. The second-order valence-electron chi connectivity index (χ2n) is 11.9. The molecule has 0 spiro atoms. The largest absolute Gasteiger partial charge is 0.445 e. The molecule has 3 heterocycles. The normalized spacial score (nSPS) is 25.1. The minimum absolute atomic E-state index is 0.122. The second kappa shape index (κ2) is 10.8. The summed E-state index contributed by atoms with van der Waals surface area (Å²) in [5, 5.41) is 5.94. The molecule has 3 aromatic carbocycles. The molecule has 0 saturated carbocycles. The lowest BCUT2D eigenvalue weighted by Crippen LogP contribution is -2.60. The number of epoxide rings is 1. The van der Waals surface area contributed by atoms with Crippen LogP contribution in [0.25, 0.3) is 11.1 Å². The average Bonchev–Trinajstić information content (AvgIpc) is 3.72. The molecule has 5 atom stereocenters. The second-order valence-corrected chi connectivity index (χ2v) is 11.9. The third-order valence-electron chi connectivity index (χ3n) is 9.02. The highest BCUT2D eigenvalue weighted by Gasteiger charge is 2.70. The van der Waals surface area contributed by atoms with E-state index in [1.165, 1.54) is 0 Å². The number of aryl methyl sites for hydroxylation is 2. The number of amides is 2. The Balaban J connectivity index is 1.13. The molecule has 8 heteroatoms. The Hall–Kier alpha value is -4.01. The number of morpholine rings is 1. The zero-order valence-corrected chi connectivity index (χ0v) is 23.6. The van der Waals surface area contributed by atoms with Crippen LogP contribution in [-0.4, -0.2) is 67.3 Å². The van der Waals surface area contributed by atoms with Crippen LogP contribution in [0, 0.1) is 6.92 Å². The Morgan fingerprint density at radius 1 is 0.951 bits per heavy atom. The highest BCUT2D eigenvalue weighted by Crippen LogP contribution is 2.51. The molecule has 2 bridgehead atoms. The quantitative estimate of drug-likeness (QED) is 0.222. The predicted molar refractivity (Wildman–Crippen MR) is 157 cm³/mol. The fourth-order valence-corrected chi connectivity index (χ4v) is 6.68. The summed E-state index contributed by atoms with van der Waals surface area (Å²) in [5.41, 5.74) is 5.54. The minimum Gasteiger partial charge on any atom is -0.445 e. The number of carbonyl (C=O) groups excluding carboxylic acids is 3. The van der Waals surface area contributed by atoms with Gasteiger partial charge in [-0.05, 0) is 54.3 Å². The van der Waals surface area contributed by atoms with Crippen molar-refractivity contribution in [1.82, 2.24) is 0 Å². The van der Waals surface area contributed by atoms with Crippen LogP contribution in [0.4, 0.5) is 16.2 Å². The lowest BCUT2D eigenvalue weighted by molar-refractivity contribution is -0.938. The van der Waals surface area contributed by atoms with Crippen LogP contribution in [0.3, 0.4) is 0 Å². The average molecular weight is 555 g/mol. The summed E-state index contributed by atoms with van der Waals surface area (Å²) < 4.78 is 12.8. The van der Waals surface area contributed by atoms with Gasteiger partial charge in [-0.15, -0.1) is 0 Å². The molecule has 3 aliphatic heterocycles. The van der Waals surface area contributed by atoms with Gasteiger partial charge in [-0.2, -0.15) is 0 Å². The van der Waals surface area contributed by atoms with E-state index in [1.54, 1.807) is 18.2 Å². The number of fused-ring (bicyclic) bond motifs is 5. The maximum absolute atomic E-state index is 13.2. The molecule has 8 nitrogen and oxygen atoms in total. The molecule has 3 aromatic rings. The van der Waals surface area contributed by atoms with Crippen LogP contribution in [0.15, 0.2) is 66.7 Å². The first-order valence-corrected chi connectivity index (χ1v) is 14.2. The number of rotatable bonds is 8. The van der Waals surface area contributed by atoms with Crippen LogP contribution in [-0.2, 0) is 20.7 Å². The van der Waals surface area contributed by atoms with Gasteiger partial charge in [0, 0.05) is 36.1 Å². The Labute approximate surface area is 240 Å². The summed E-state index contributed by atoms with van der Waals surface area (Å²) in [5.74, 6) is -0.122. The number of anilines is 2. The van der Waals surface area contributed by atoms with Gasteiger partial charge in [0.1, 0.15) is 36.7 Å². The smallest absolute Gasteiger partial charge is 0.411 e. The van der Waals surface area contributed by atoms with Crippen molar-refractivity contribution in [2.24, 2.45) is 0 Å². The highest BCUT2D eigenvalue weighted by atomic mass is 16.6. The Bertz CT molecular complexity index is 1470. The van der Waals surface area contributed by atoms with Gasteiger partial charge in [0.05, 0.1) is 19.8 Å². The highest BCUT2D eigenvalue weighted by molar-refractivity contribution is 5.93. The molecule has 6 rings (SSSR count). The first kappa shape index (κ1) is 27.2. The van der Waals surface area contributed by atoms with Crippen molar-refractivity contribution in [2.45, 2.75) is 63.0 Å². The number of nitrogens with one attached hydrogen (secondary N) is 2. The Morgan fingerprint density at radius 2 is 1.68 bits per heavy atom. The van der Waals surface area contributed by atoms with E-state index in [0.29, 0.717) is 47.7 Å². The lowest BCUT2D eigenvalue weighted by Gasteiger charge is -2.45. The molecule has 2 N–H and O–H groups in total. The molecule has 0 radical (unpaired) electrons. The summed E-state index contributed by atoms with van der Waals surface area (Å²) in [6.07, 6.45) is 3.16. The molecule has 212 valence electrons. The molecule has 0 aromatic heterocycles. The van der Waals surface area contributed by atoms with Crippen LogP contribution >= 0.6 is 0 Å². The summed E-state index contributed by atoms with van der Waals surface area (Å²) >= 11 is 0. The van der Waals surface area contributed by atoms with E-state index in [9.17, 15) is 14.4 Å². The fourth-order valence-electron chi connectivity index (χ4n) is 6.68. The van der Waals surface area contributed by atoms with E-state index >= 15 is 0 Å².